The minimum absolute atomic E-state index is 0.202. The van der Waals surface area contributed by atoms with E-state index in [-0.39, 0.29) is 5.70 Å². The molecule has 0 spiro atoms. The van der Waals surface area contributed by atoms with Gasteiger partial charge in [-0.2, -0.15) is 0 Å². The zero-order chi connectivity index (χ0) is 11.4. The first-order chi connectivity index (χ1) is 7.06. The zero-order valence-electron chi connectivity index (χ0n) is 8.10. The summed E-state index contributed by atoms with van der Waals surface area (Å²) in [5.41, 5.74) is 0.511. The number of rotatable bonds is 3. The first-order valence-corrected chi connectivity index (χ1v) is 4.08. The lowest BCUT2D eigenvalue weighted by atomic mass is 10.1. The summed E-state index contributed by atoms with van der Waals surface area (Å²) in [7, 11) is 1.27. The van der Waals surface area contributed by atoms with Crippen LogP contribution < -0.4 is 0 Å². The normalized spacial score (nSPS) is 9.40. The molecule has 0 bridgehead atoms. The van der Waals surface area contributed by atoms with Crippen molar-refractivity contribution in [3.63, 3.8) is 0 Å². The van der Waals surface area contributed by atoms with E-state index in [2.05, 4.69) is 11.3 Å². The van der Waals surface area contributed by atoms with Gasteiger partial charge in [-0.3, -0.25) is 10.1 Å². The van der Waals surface area contributed by atoms with Gasteiger partial charge in [-0.25, -0.2) is 4.79 Å². The third kappa shape index (κ3) is 2.40. The Hall–Kier alpha value is -2.17. The van der Waals surface area contributed by atoms with Gasteiger partial charge < -0.3 is 4.74 Å². The van der Waals surface area contributed by atoms with Crippen molar-refractivity contribution < 1.29 is 14.5 Å². The molecular formula is C10H9NO4. The second-order valence-electron chi connectivity index (χ2n) is 2.77. The van der Waals surface area contributed by atoms with Crippen LogP contribution in [0.25, 0.3) is 5.70 Å². The third-order valence-corrected chi connectivity index (χ3v) is 1.86. The van der Waals surface area contributed by atoms with Crippen LogP contribution in [0, 0.1) is 10.1 Å². The van der Waals surface area contributed by atoms with E-state index in [1.807, 2.05) is 0 Å². The number of esters is 1. The standard InChI is InChI=1S/C10H9NO4/c1-7(11(13)14)8-3-5-9(6-4-8)10(12)15-2/h3-6H,1H2,2H3. The second-order valence-corrected chi connectivity index (χ2v) is 2.77. The molecule has 0 radical (unpaired) electrons. The molecule has 1 aromatic rings. The molecule has 0 aliphatic carbocycles. The molecule has 0 N–H and O–H groups in total. The van der Waals surface area contributed by atoms with E-state index < -0.39 is 10.9 Å². The fourth-order valence-corrected chi connectivity index (χ4v) is 1.02. The Morgan fingerprint density at radius 2 is 1.80 bits per heavy atom. The Morgan fingerprint density at radius 1 is 1.33 bits per heavy atom. The van der Waals surface area contributed by atoms with Gasteiger partial charge in [-0.15, -0.1) is 0 Å². The molecule has 0 saturated carbocycles. The highest BCUT2D eigenvalue weighted by Crippen LogP contribution is 2.14. The number of carbonyl (C=O) groups is 1. The number of hydrogen-bond donors (Lipinski definition) is 0. The molecule has 1 aromatic carbocycles. The third-order valence-electron chi connectivity index (χ3n) is 1.86. The van der Waals surface area contributed by atoms with Gasteiger partial charge >= 0.3 is 5.97 Å². The molecule has 0 atom stereocenters. The van der Waals surface area contributed by atoms with Crippen LogP contribution in [0.2, 0.25) is 0 Å². The quantitative estimate of drug-likeness (QED) is 0.430. The maximum Gasteiger partial charge on any atom is 0.337 e. The van der Waals surface area contributed by atoms with E-state index in [0.29, 0.717) is 11.1 Å². The maximum atomic E-state index is 11.0. The van der Waals surface area contributed by atoms with Gasteiger partial charge in [0.15, 0.2) is 0 Å². The van der Waals surface area contributed by atoms with Crippen LogP contribution in [-0.4, -0.2) is 18.0 Å². The predicted molar refractivity (Wildman–Crippen MR) is 53.8 cm³/mol. The topological polar surface area (TPSA) is 69.4 Å². The highest BCUT2D eigenvalue weighted by Gasteiger charge is 2.11. The highest BCUT2D eigenvalue weighted by molar-refractivity contribution is 5.89. The fraction of sp³-hybridized carbons (Fsp3) is 0.100. The molecule has 0 heterocycles. The highest BCUT2D eigenvalue weighted by atomic mass is 16.6. The van der Waals surface area contributed by atoms with E-state index in [1.165, 1.54) is 31.4 Å². The minimum Gasteiger partial charge on any atom is -0.465 e. The van der Waals surface area contributed by atoms with Gasteiger partial charge in [0.1, 0.15) is 0 Å². The van der Waals surface area contributed by atoms with Crippen molar-refractivity contribution in [2.45, 2.75) is 0 Å². The monoisotopic (exact) mass is 207 g/mol. The first-order valence-electron chi connectivity index (χ1n) is 4.08. The van der Waals surface area contributed by atoms with Gasteiger partial charge in [0.05, 0.1) is 23.2 Å². The van der Waals surface area contributed by atoms with Crippen molar-refractivity contribution in [3.05, 3.63) is 52.1 Å². The summed E-state index contributed by atoms with van der Waals surface area (Å²) >= 11 is 0. The number of benzene rings is 1. The van der Waals surface area contributed by atoms with Gasteiger partial charge in [0.2, 0.25) is 0 Å². The number of hydrogen-bond acceptors (Lipinski definition) is 4. The van der Waals surface area contributed by atoms with Gasteiger partial charge in [0, 0.05) is 0 Å². The lowest BCUT2D eigenvalue weighted by Crippen LogP contribution is -2.02. The van der Waals surface area contributed by atoms with Crippen molar-refractivity contribution in [1.82, 2.24) is 0 Å². The summed E-state index contributed by atoms with van der Waals surface area (Å²) in [6.07, 6.45) is 0. The Bertz CT molecular complexity index is 408. The molecule has 5 nitrogen and oxygen atoms in total. The molecule has 0 aliphatic heterocycles. The summed E-state index contributed by atoms with van der Waals surface area (Å²) in [4.78, 5) is 20.9. The summed E-state index contributed by atoms with van der Waals surface area (Å²) in [5, 5.41) is 10.4. The van der Waals surface area contributed by atoms with Gasteiger partial charge in [0.25, 0.3) is 5.70 Å². The van der Waals surface area contributed by atoms with Gasteiger partial charge in [-0.1, -0.05) is 0 Å². The SMILES string of the molecule is C=C(c1ccc(C(=O)OC)cc1)[N+](=O)[O-]. The van der Waals surface area contributed by atoms with Crippen molar-refractivity contribution in [2.75, 3.05) is 7.11 Å². The number of nitro groups is 1. The number of nitrogens with zero attached hydrogens (tertiary/aromatic N) is 1. The molecule has 0 aromatic heterocycles. The summed E-state index contributed by atoms with van der Waals surface area (Å²) in [5.74, 6) is -0.478. The number of ether oxygens (including phenoxy) is 1. The summed E-state index contributed by atoms with van der Waals surface area (Å²) in [6.45, 7) is 3.30. The molecule has 0 amide bonds. The lowest BCUT2D eigenvalue weighted by Gasteiger charge is -2.00. The Balaban J connectivity index is 2.95. The summed E-state index contributed by atoms with van der Waals surface area (Å²) < 4.78 is 4.49. The smallest absolute Gasteiger partial charge is 0.337 e. The summed E-state index contributed by atoms with van der Waals surface area (Å²) in [6, 6.07) is 5.82. The predicted octanol–water partition coefficient (Wildman–Crippen LogP) is 1.72. The molecule has 78 valence electrons. The molecule has 0 unspecified atom stereocenters. The molecule has 0 fully saturated rings. The van der Waals surface area contributed by atoms with E-state index in [1.54, 1.807) is 0 Å². The van der Waals surface area contributed by atoms with E-state index in [4.69, 9.17) is 0 Å². The maximum absolute atomic E-state index is 11.0. The molecular weight excluding hydrogens is 198 g/mol. The molecule has 1 rings (SSSR count). The van der Waals surface area contributed by atoms with Crippen LogP contribution in [0.3, 0.4) is 0 Å². The number of carbonyl (C=O) groups excluding carboxylic acids is 1. The average molecular weight is 207 g/mol. The Labute approximate surface area is 86.1 Å². The largest absolute Gasteiger partial charge is 0.465 e. The Morgan fingerprint density at radius 3 is 2.20 bits per heavy atom. The molecule has 0 saturated heterocycles. The molecule has 0 aliphatic rings. The lowest BCUT2D eigenvalue weighted by molar-refractivity contribution is -0.375. The van der Waals surface area contributed by atoms with Crippen molar-refractivity contribution in [2.24, 2.45) is 0 Å². The molecule has 15 heavy (non-hydrogen) atoms. The molecule has 5 heteroatoms. The van der Waals surface area contributed by atoms with Crippen LogP contribution in [0.5, 0.6) is 0 Å². The van der Waals surface area contributed by atoms with E-state index >= 15 is 0 Å². The average Bonchev–Trinajstić information content (AvgIpc) is 2.27. The minimum atomic E-state index is -0.576. The zero-order valence-corrected chi connectivity index (χ0v) is 8.10. The van der Waals surface area contributed by atoms with Crippen molar-refractivity contribution >= 4 is 11.7 Å². The second kappa shape index (κ2) is 4.36. The van der Waals surface area contributed by atoms with Crippen molar-refractivity contribution in [3.8, 4) is 0 Å². The number of methoxy groups -OCH3 is 1. The Kier molecular flexibility index (Phi) is 3.17. The fourth-order valence-electron chi connectivity index (χ4n) is 1.02. The van der Waals surface area contributed by atoms with Gasteiger partial charge in [-0.05, 0) is 30.8 Å². The van der Waals surface area contributed by atoms with Crippen LogP contribution in [0.1, 0.15) is 15.9 Å². The van der Waals surface area contributed by atoms with Crippen LogP contribution in [0.4, 0.5) is 0 Å². The van der Waals surface area contributed by atoms with E-state index in [9.17, 15) is 14.9 Å². The van der Waals surface area contributed by atoms with Crippen LogP contribution >= 0.6 is 0 Å². The first kappa shape index (κ1) is 10.9. The van der Waals surface area contributed by atoms with Crippen molar-refractivity contribution in [1.29, 1.82) is 0 Å². The van der Waals surface area contributed by atoms with E-state index in [0.717, 1.165) is 0 Å². The van der Waals surface area contributed by atoms with Crippen LogP contribution in [-0.2, 0) is 4.74 Å². The van der Waals surface area contributed by atoms with Crippen LogP contribution in [0.15, 0.2) is 30.8 Å².